The summed E-state index contributed by atoms with van der Waals surface area (Å²) in [4.78, 5) is 19.0. The zero-order valence-electron chi connectivity index (χ0n) is 15.4. The minimum absolute atomic E-state index is 0.0364. The van der Waals surface area contributed by atoms with Crippen molar-refractivity contribution in [2.75, 3.05) is 20.1 Å². The molecule has 0 aliphatic carbocycles. The molecule has 0 unspecified atom stereocenters. The number of aromatic nitrogens is 1. The number of nitrogens with one attached hydrogen (secondary N) is 1. The summed E-state index contributed by atoms with van der Waals surface area (Å²) in [7, 11) is 1.83. The largest absolute Gasteiger partial charge is 0.336 e. The highest BCUT2D eigenvalue weighted by Gasteiger charge is 2.17. The van der Waals surface area contributed by atoms with Gasteiger partial charge in [0.2, 0.25) is 0 Å². The lowest BCUT2D eigenvalue weighted by atomic mass is 9.91. The Bertz CT molecular complexity index is 713. The quantitative estimate of drug-likeness (QED) is 0.929. The van der Waals surface area contributed by atoms with Gasteiger partial charge in [-0.1, -0.05) is 12.1 Å². The third-order valence-corrected chi connectivity index (χ3v) is 4.82. The second-order valence-corrected chi connectivity index (χ2v) is 7.10. The molecule has 1 aliphatic heterocycles. The smallest absolute Gasteiger partial charge is 0.253 e. The van der Waals surface area contributed by atoms with Crippen LogP contribution in [0.25, 0.3) is 0 Å². The molecule has 3 rings (SSSR count). The molecule has 1 N–H and O–H groups in total. The molecule has 132 valence electrons. The van der Waals surface area contributed by atoms with E-state index in [4.69, 9.17) is 0 Å². The zero-order valence-corrected chi connectivity index (χ0v) is 15.4. The van der Waals surface area contributed by atoms with Crippen LogP contribution in [0.5, 0.6) is 0 Å². The SMILES string of the molecule is Cc1cc(C)nc(CN(C)C(=O)c2ccc([C@H]3CCCNC3)cc2)c1. The van der Waals surface area contributed by atoms with Gasteiger partial charge in [-0.2, -0.15) is 0 Å². The summed E-state index contributed by atoms with van der Waals surface area (Å²) in [5, 5.41) is 3.44. The van der Waals surface area contributed by atoms with E-state index in [1.54, 1.807) is 4.90 Å². The van der Waals surface area contributed by atoms with Crippen molar-refractivity contribution in [3.63, 3.8) is 0 Å². The van der Waals surface area contributed by atoms with Crippen LogP contribution in [0.4, 0.5) is 0 Å². The summed E-state index contributed by atoms with van der Waals surface area (Å²) in [5.41, 5.74) is 5.15. The second kappa shape index (κ2) is 7.79. The molecule has 0 saturated carbocycles. The summed E-state index contributed by atoms with van der Waals surface area (Å²) in [6.45, 7) is 6.71. The Morgan fingerprint density at radius 1 is 1.24 bits per heavy atom. The first-order chi connectivity index (χ1) is 12.0. The number of piperidine rings is 1. The van der Waals surface area contributed by atoms with Crippen molar-refractivity contribution >= 4 is 5.91 Å². The molecule has 4 heteroatoms. The van der Waals surface area contributed by atoms with Crippen LogP contribution in [0.3, 0.4) is 0 Å². The molecule has 1 amide bonds. The van der Waals surface area contributed by atoms with E-state index in [2.05, 4.69) is 29.4 Å². The molecule has 0 spiro atoms. The van der Waals surface area contributed by atoms with E-state index >= 15 is 0 Å². The van der Waals surface area contributed by atoms with Crippen LogP contribution in [0, 0.1) is 13.8 Å². The number of carbonyl (C=O) groups excluding carboxylic acids is 1. The number of carbonyl (C=O) groups is 1. The third-order valence-electron chi connectivity index (χ3n) is 4.82. The van der Waals surface area contributed by atoms with E-state index in [-0.39, 0.29) is 5.91 Å². The lowest BCUT2D eigenvalue weighted by molar-refractivity contribution is 0.0783. The lowest BCUT2D eigenvalue weighted by Gasteiger charge is -2.23. The van der Waals surface area contributed by atoms with Gasteiger partial charge >= 0.3 is 0 Å². The van der Waals surface area contributed by atoms with E-state index < -0.39 is 0 Å². The fraction of sp³-hybridized carbons (Fsp3) is 0.429. The van der Waals surface area contributed by atoms with E-state index in [1.165, 1.54) is 24.0 Å². The third kappa shape index (κ3) is 4.45. The molecule has 4 nitrogen and oxygen atoms in total. The molecule has 1 atom stereocenters. The summed E-state index contributed by atoms with van der Waals surface area (Å²) in [6.07, 6.45) is 2.44. The molecule has 0 bridgehead atoms. The van der Waals surface area contributed by atoms with E-state index in [1.807, 2.05) is 38.2 Å². The Balaban J connectivity index is 1.67. The summed E-state index contributed by atoms with van der Waals surface area (Å²) in [5.74, 6) is 0.601. The van der Waals surface area contributed by atoms with Gasteiger partial charge in [0, 0.05) is 24.8 Å². The fourth-order valence-electron chi connectivity index (χ4n) is 3.58. The second-order valence-electron chi connectivity index (χ2n) is 7.10. The van der Waals surface area contributed by atoms with Gasteiger partial charge in [0.25, 0.3) is 5.91 Å². The van der Waals surface area contributed by atoms with Gasteiger partial charge in [0.15, 0.2) is 0 Å². The maximum absolute atomic E-state index is 12.7. The van der Waals surface area contributed by atoms with Crippen LogP contribution >= 0.6 is 0 Å². The number of amides is 1. The highest BCUT2D eigenvalue weighted by atomic mass is 16.2. The van der Waals surface area contributed by atoms with E-state index in [0.717, 1.165) is 30.0 Å². The molecule has 2 heterocycles. The van der Waals surface area contributed by atoms with Crippen molar-refractivity contribution < 1.29 is 4.79 Å². The van der Waals surface area contributed by atoms with E-state index in [0.29, 0.717) is 12.5 Å². The summed E-state index contributed by atoms with van der Waals surface area (Å²) < 4.78 is 0. The molecule has 1 aromatic heterocycles. The molecular formula is C21H27N3O. The molecule has 1 aliphatic rings. The maximum Gasteiger partial charge on any atom is 0.253 e. The molecule has 2 aromatic rings. The molecule has 25 heavy (non-hydrogen) atoms. The first-order valence-electron chi connectivity index (χ1n) is 9.03. The predicted octanol–water partition coefficient (Wildman–Crippen LogP) is 3.44. The van der Waals surface area contributed by atoms with Crippen molar-refractivity contribution in [3.05, 3.63) is 64.5 Å². The lowest BCUT2D eigenvalue weighted by Crippen LogP contribution is -2.28. The van der Waals surface area contributed by atoms with Gasteiger partial charge in [-0.25, -0.2) is 0 Å². The molecule has 0 radical (unpaired) electrons. The average Bonchev–Trinajstić information content (AvgIpc) is 2.61. The van der Waals surface area contributed by atoms with Gasteiger partial charge in [0.1, 0.15) is 0 Å². The molecule has 1 aromatic carbocycles. The average molecular weight is 337 g/mol. The monoisotopic (exact) mass is 337 g/mol. The Morgan fingerprint density at radius 2 is 2.00 bits per heavy atom. The van der Waals surface area contributed by atoms with Crippen LogP contribution in [0.1, 0.15) is 51.6 Å². The fourth-order valence-corrected chi connectivity index (χ4v) is 3.58. The Hall–Kier alpha value is -2.20. The summed E-state index contributed by atoms with van der Waals surface area (Å²) in [6, 6.07) is 12.2. The number of hydrogen-bond donors (Lipinski definition) is 1. The highest BCUT2D eigenvalue weighted by molar-refractivity contribution is 5.94. The summed E-state index contributed by atoms with van der Waals surface area (Å²) >= 11 is 0. The molecular weight excluding hydrogens is 310 g/mol. The molecule has 1 saturated heterocycles. The van der Waals surface area contributed by atoms with Gasteiger partial charge in [0.05, 0.1) is 12.2 Å². The number of hydrogen-bond acceptors (Lipinski definition) is 3. The highest BCUT2D eigenvalue weighted by Crippen LogP contribution is 2.23. The van der Waals surface area contributed by atoms with Crippen LogP contribution < -0.4 is 5.32 Å². The van der Waals surface area contributed by atoms with Gasteiger partial charge in [-0.05, 0) is 74.5 Å². The number of benzene rings is 1. The Labute approximate surface area is 150 Å². The topological polar surface area (TPSA) is 45.2 Å². The first kappa shape index (κ1) is 17.6. The van der Waals surface area contributed by atoms with Crippen molar-refractivity contribution in [2.24, 2.45) is 0 Å². The van der Waals surface area contributed by atoms with Crippen molar-refractivity contribution in [1.29, 1.82) is 0 Å². The van der Waals surface area contributed by atoms with Crippen molar-refractivity contribution in [3.8, 4) is 0 Å². The van der Waals surface area contributed by atoms with Crippen LogP contribution in [-0.2, 0) is 6.54 Å². The van der Waals surface area contributed by atoms with Crippen LogP contribution in [0.15, 0.2) is 36.4 Å². The van der Waals surface area contributed by atoms with E-state index in [9.17, 15) is 4.79 Å². The van der Waals surface area contributed by atoms with Crippen LogP contribution in [-0.4, -0.2) is 35.9 Å². The number of rotatable bonds is 4. The predicted molar refractivity (Wildman–Crippen MR) is 101 cm³/mol. The number of aryl methyl sites for hydroxylation is 2. The van der Waals surface area contributed by atoms with Gasteiger partial charge in [-0.15, -0.1) is 0 Å². The first-order valence-corrected chi connectivity index (χ1v) is 9.03. The standard InChI is InChI=1S/C21H27N3O/c1-15-11-16(2)23-20(12-15)14-24(3)21(25)18-8-6-17(7-9-18)19-5-4-10-22-13-19/h6-9,11-12,19,22H,4-5,10,13-14H2,1-3H3/t19-/m0/s1. The van der Waals surface area contributed by atoms with Crippen LogP contribution in [0.2, 0.25) is 0 Å². The number of pyridine rings is 1. The number of nitrogens with zero attached hydrogens (tertiary/aromatic N) is 2. The zero-order chi connectivity index (χ0) is 17.8. The van der Waals surface area contributed by atoms with Crippen molar-refractivity contribution in [2.45, 2.75) is 39.2 Å². The minimum atomic E-state index is 0.0364. The van der Waals surface area contributed by atoms with Crippen molar-refractivity contribution in [1.82, 2.24) is 15.2 Å². The molecule has 1 fully saturated rings. The Morgan fingerprint density at radius 3 is 2.64 bits per heavy atom. The van der Waals surface area contributed by atoms with Gasteiger partial charge < -0.3 is 10.2 Å². The van der Waals surface area contributed by atoms with Gasteiger partial charge in [-0.3, -0.25) is 9.78 Å². The minimum Gasteiger partial charge on any atom is -0.336 e. The normalized spacial score (nSPS) is 17.3. The Kier molecular flexibility index (Phi) is 5.49. The maximum atomic E-state index is 12.7.